The van der Waals surface area contributed by atoms with Crippen molar-refractivity contribution in [2.45, 2.75) is 13.1 Å². The summed E-state index contributed by atoms with van der Waals surface area (Å²) in [6.45, 7) is 1.77. The number of amides is 1. The van der Waals surface area contributed by atoms with Crippen LogP contribution in [-0.4, -0.2) is 20.3 Å². The molecule has 0 saturated heterocycles. The van der Waals surface area contributed by atoms with Gasteiger partial charge in [0.2, 0.25) is 5.78 Å². The minimum absolute atomic E-state index is 0.348. The summed E-state index contributed by atoms with van der Waals surface area (Å²) in [4.78, 5) is 21.8. The van der Waals surface area contributed by atoms with E-state index in [0.29, 0.717) is 33.7 Å². The largest absolute Gasteiger partial charge is 0.416 e. The molecule has 5 aromatic rings. The molecule has 0 radical (unpaired) electrons. The van der Waals surface area contributed by atoms with E-state index in [0.717, 1.165) is 23.4 Å². The number of fused-ring (bicyclic) bond motifs is 1. The molecular weight excluding hydrogens is 453 g/mol. The number of alkyl halides is 3. The van der Waals surface area contributed by atoms with E-state index >= 15 is 0 Å². The normalized spacial score (nSPS) is 11.5. The first-order valence-electron chi connectivity index (χ1n) is 10.8. The highest BCUT2D eigenvalue weighted by Crippen LogP contribution is 2.32. The highest BCUT2D eigenvalue weighted by Gasteiger charge is 2.30. The van der Waals surface area contributed by atoms with Gasteiger partial charge in [0, 0.05) is 17.3 Å². The minimum atomic E-state index is -4.40. The Bertz CT molecular complexity index is 1520. The summed E-state index contributed by atoms with van der Waals surface area (Å²) in [5.74, 6) is 0.154. The molecule has 8 heteroatoms. The molecule has 174 valence electrons. The van der Waals surface area contributed by atoms with E-state index in [1.807, 2.05) is 30.3 Å². The number of carbonyl (C=O) groups excluding carboxylic acids is 1. The lowest BCUT2D eigenvalue weighted by Crippen LogP contribution is -2.14. The molecule has 0 bridgehead atoms. The van der Waals surface area contributed by atoms with Crippen molar-refractivity contribution in [3.8, 4) is 22.4 Å². The van der Waals surface area contributed by atoms with Gasteiger partial charge in [0.1, 0.15) is 0 Å². The molecule has 0 unspecified atom stereocenters. The fourth-order valence-electron chi connectivity index (χ4n) is 3.99. The lowest BCUT2D eigenvalue weighted by atomic mass is 9.95. The Balaban J connectivity index is 1.44. The van der Waals surface area contributed by atoms with Crippen molar-refractivity contribution < 1.29 is 18.0 Å². The van der Waals surface area contributed by atoms with Gasteiger partial charge in [-0.2, -0.15) is 13.2 Å². The van der Waals surface area contributed by atoms with Gasteiger partial charge in [-0.15, -0.1) is 0 Å². The van der Waals surface area contributed by atoms with Crippen molar-refractivity contribution in [3.63, 3.8) is 0 Å². The molecule has 0 spiro atoms. The van der Waals surface area contributed by atoms with Crippen LogP contribution >= 0.6 is 0 Å². The molecule has 0 aliphatic carbocycles. The van der Waals surface area contributed by atoms with Crippen molar-refractivity contribution in [3.05, 3.63) is 108 Å². The van der Waals surface area contributed by atoms with Crippen LogP contribution in [0.1, 0.15) is 21.5 Å². The van der Waals surface area contributed by atoms with Crippen LogP contribution in [0.4, 0.5) is 18.9 Å². The smallest absolute Gasteiger partial charge is 0.319 e. The third-order valence-corrected chi connectivity index (χ3v) is 5.79. The Morgan fingerprint density at radius 3 is 2.29 bits per heavy atom. The number of hydrogen-bond acceptors (Lipinski definition) is 3. The van der Waals surface area contributed by atoms with E-state index < -0.39 is 11.7 Å². The van der Waals surface area contributed by atoms with E-state index in [2.05, 4.69) is 15.3 Å². The average Bonchev–Trinajstić information content (AvgIpc) is 3.27. The zero-order valence-corrected chi connectivity index (χ0v) is 18.5. The zero-order chi connectivity index (χ0) is 24.6. The molecule has 2 heterocycles. The predicted octanol–water partition coefficient (Wildman–Crippen LogP) is 6.64. The van der Waals surface area contributed by atoms with Crippen molar-refractivity contribution in [1.82, 2.24) is 14.4 Å². The van der Waals surface area contributed by atoms with Crippen LogP contribution in [0.15, 0.2) is 91.4 Å². The van der Waals surface area contributed by atoms with Crippen LogP contribution in [0.3, 0.4) is 0 Å². The fourth-order valence-corrected chi connectivity index (χ4v) is 3.99. The van der Waals surface area contributed by atoms with Crippen LogP contribution in [0.2, 0.25) is 0 Å². The van der Waals surface area contributed by atoms with E-state index in [1.165, 1.54) is 18.3 Å². The molecule has 0 atom stereocenters. The Morgan fingerprint density at radius 1 is 0.857 bits per heavy atom. The first-order chi connectivity index (χ1) is 16.8. The number of anilines is 1. The van der Waals surface area contributed by atoms with Gasteiger partial charge in [0.15, 0.2) is 0 Å². The van der Waals surface area contributed by atoms with Gasteiger partial charge in [0.25, 0.3) is 5.91 Å². The minimum Gasteiger partial charge on any atom is -0.319 e. The summed E-state index contributed by atoms with van der Waals surface area (Å²) in [6, 6.07) is 19.8. The number of nitrogens with one attached hydrogen (secondary N) is 1. The highest BCUT2D eigenvalue weighted by atomic mass is 19.4. The number of aromatic nitrogens is 3. The van der Waals surface area contributed by atoms with Crippen LogP contribution in [-0.2, 0) is 6.18 Å². The molecule has 35 heavy (non-hydrogen) atoms. The van der Waals surface area contributed by atoms with E-state index in [4.69, 9.17) is 0 Å². The average molecular weight is 472 g/mol. The van der Waals surface area contributed by atoms with Crippen molar-refractivity contribution >= 4 is 17.4 Å². The lowest BCUT2D eigenvalue weighted by Gasteiger charge is -2.13. The molecular formula is C27H19F3N4O. The molecule has 0 saturated carbocycles. The molecule has 5 rings (SSSR count). The van der Waals surface area contributed by atoms with Crippen LogP contribution in [0.5, 0.6) is 0 Å². The summed E-state index contributed by atoms with van der Waals surface area (Å²) in [6.07, 6.45) is 0.607. The Labute approximate surface area is 198 Å². The topological polar surface area (TPSA) is 59.3 Å². The summed E-state index contributed by atoms with van der Waals surface area (Å²) in [5.41, 5.74) is 3.92. The maximum atomic E-state index is 13.1. The summed E-state index contributed by atoms with van der Waals surface area (Å²) in [7, 11) is 0. The monoisotopic (exact) mass is 472 g/mol. The second kappa shape index (κ2) is 8.72. The molecule has 1 amide bonds. The van der Waals surface area contributed by atoms with Crippen molar-refractivity contribution in [2.24, 2.45) is 0 Å². The predicted molar refractivity (Wildman–Crippen MR) is 128 cm³/mol. The summed E-state index contributed by atoms with van der Waals surface area (Å²) >= 11 is 0. The van der Waals surface area contributed by atoms with Crippen LogP contribution in [0, 0.1) is 6.92 Å². The number of hydrogen-bond donors (Lipinski definition) is 1. The Morgan fingerprint density at radius 2 is 1.57 bits per heavy atom. The maximum Gasteiger partial charge on any atom is 0.416 e. The van der Waals surface area contributed by atoms with Gasteiger partial charge in [0.05, 0.1) is 29.3 Å². The molecule has 2 aromatic heterocycles. The van der Waals surface area contributed by atoms with E-state index in [9.17, 15) is 18.0 Å². The van der Waals surface area contributed by atoms with E-state index in [1.54, 1.807) is 41.9 Å². The Kier molecular flexibility index (Phi) is 5.56. The number of rotatable bonds is 4. The van der Waals surface area contributed by atoms with Crippen LogP contribution in [0.25, 0.3) is 28.2 Å². The molecule has 0 aliphatic rings. The maximum absolute atomic E-state index is 13.1. The van der Waals surface area contributed by atoms with Gasteiger partial charge < -0.3 is 5.32 Å². The summed E-state index contributed by atoms with van der Waals surface area (Å²) in [5, 5.41) is 2.87. The van der Waals surface area contributed by atoms with Crippen molar-refractivity contribution in [2.75, 3.05) is 5.32 Å². The second-order valence-corrected chi connectivity index (χ2v) is 8.03. The third-order valence-electron chi connectivity index (χ3n) is 5.79. The van der Waals surface area contributed by atoms with Crippen LogP contribution < -0.4 is 5.32 Å². The number of carbonyl (C=O) groups is 1. The van der Waals surface area contributed by atoms with Gasteiger partial charge in [-0.05, 0) is 41.8 Å². The van der Waals surface area contributed by atoms with Gasteiger partial charge in [-0.3, -0.25) is 9.20 Å². The number of nitrogens with zero attached hydrogens (tertiary/aromatic N) is 3. The molecule has 5 nitrogen and oxygen atoms in total. The number of benzene rings is 3. The standard InChI is InChI=1S/C27H19F3N4O/c1-17-22(18-10-12-20(13-11-18)27(28,29)30)8-5-9-23(17)25(35)33-21-14-31-26-32-15-24(34(26)16-21)19-6-3-2-4-7-19/h2-16H,1H3,(H,33,35). The lowest BCUT2D eigenvalue weighted by molar-refractivity contribution is -0.137. The SMILES string of the molecule is Cc1c(C(=O)Nc2cnc3ncc(-c4ccccc4)n3c2)cccc1-c1ccc(C(F)(F)F)cc1. The molecule has 0 fully saturated rings. The quantitative estimate of drug-likeness (QED) is 0.319. The van der Waals surface area contributed by atoms with E-state index in [-0.39, 0.29) is 5.91 Å². The van der Waals surface area contributed by atoms with Gasteiger partial charge in [-0.1, -0.05) is 54.6 Å². The molecule has 1 N–H and O–H groups in total. The fraction of sp³-hybridized carbons (Fsp3) is 0.0741. The molecule has 3 aromatic carbocycles. The molecule has 0 aliphatic heterocycles. The summed E-state index contributed by atoms with van der Waals surface area (Å²) < 4.78 is 40.5. The first kappa shape index (κ1) is 22.3. The first-order valence-corrected chi connectivity index (χ1v) is 10.8. The zero-order valence-electron chi connectivity index (χ0n) is 18.5. The second-order valence-electron chi connectivity index (χ2n) is 8.03. The third kappa shape index (κ3) is 4.38. The van der Waals surface area contributed by atoms with Crippen molar-refractivity contribution in [1.29, 1.82) is 0 Å². The van der Waals surface area contributed by atoms with Gasteiger partial charge >= 0.3 is 6.18 Å². The number of halogens is 3. The van der Waals surface area contributed by atoms with Gasteiger partial charge in [-0.25, -0.2) is 9.97 Å². The Hall–Kier alpha value is -4.46. The highest BCUT2D eigenvalue weighted by molar-refractivity contribution is 6.06. The number of imidazole rings is 1.